The summed E-state index contributed by atoms with van der Waals surface area (Å²) in [6, 6.07) is 1.46. The highest BCUT2D eigenvalue weighted by atomic mass is 16.3. The van der Waals surface area contributed by atoms with Gasteiger partial charge < -0.3 is 10.2 Å². The first-order valence-corrected chi connectivity index (χ1v) is 3.26. The quantitative estimate of drug-likeness (QED) is 0.656. The summed E-state index contributed by atoms with van der Waals surface area (Å²) in [6.45, 7) is 0. The van der Waals surface area contributed by atoms with Crippen molar-refractivity contribution in [2.45, 2.75) is 0 Å². The Morgan fingerprint density at radius 2 is 2.33 bits per heavy atom. The van der Waals surface area contributed by atoms with Crippen LogP contribution >= 0.6 is 0 Å². The Bertz CT molecular complexity index is 435. The number of carbonyl (C=O) groups excluding carboxylic acids is 1. The Labute approximate surface area is 67.2 Å². The lowest BCUT2D eigenvalue weighted by Crippen LogP contribution is -2.12. The molecule has 0 aliphatic carbocycles. The molecular formula is C7H5N3O2. The number of nitrogens with zero attached hydrogens (tertiary/aromatic N) is 2. The van der Waals surface area contributed by atoms with Crippen molar-refractivity contribution in [1.82, 2.24) is 9.97 Å². The third kappa shape index (κ3) is 0.914. The van der Waals surface area contributed by atoms with E-state index in [0.717, 1.165) is 0 Å². The van der Waals surface area contributed by atoms with Crippen LogP contribution < -0.4 is 5.73 Å². The summed E-state index contributed by atoms with van der Waals surface area (Å²) in [7, 11) is 0. The van der Waals surface area contributed by atoms with Crippen molar-refractivity contribution >= 4 is 17.0 Å². The van der Waals surface area contributed by atoms with Gasteiger partial charge >= 0.3 is 0 Å². The van der Waals surface area contributed by atoms with Crippen molar-refractivity contribution in [2.24, 2.45) is 5.73 Å². The molecule has 0 atom stereocenters. The number of fused-ring (bicyclic) bond motifs is 1. The zero-order valence-electron chi connectivity index (χ0n) is 6.02. The molecule has 0 aromatic carbocycles. The molecule has 2 rings (SSSR count). The molecule has 0 aliphatic rings. The average molecular weight is 163 g/mol. The van der Waals surface area contributed by atoms with E-state index in [4.69, 9.17) is 10.2 Å². The monoisotopic (exact) mass is 163 g/mol. The van der Waals surface area contributed by atoms with Crippen LogP contribution in [0.25, 0.3) is 11.1 Å². The molecule has 0 radical (unpaired) electrons. The maximum atomic E-state index is 10.7. The molecular weight excluding hydrogens is 158 g/mol. The zero-order chi connectivity index (χ0) is 8.55. The van der Waals surface area contributed by atoms with Crippen LogP contribution in [0, 0.1) is 0 Å². The molecule has 0 unspecified atom stereocenters. The van der Waals surface area contributed by atoms with Crippen molar-refractivity contribution in [2.75, 3.05) is 0 Å². The third-order valence-electron chi connectivity index (χ3n) is 1.47. The molecule has 0 saturated heterocycles. The number of pyridine rings is 1. The standard InChI is InChI=1S/C7H5N3O2/c8-7(11)4-1-6-5(2-9-4)10-3-12-6/h1-3H,(H2,8,11). The normalized spacial score (nSPS) is 10.3. The number of rotatable bonds is 1. The first-order chi connectivity index (χ1) is 5.77. The number of primary amides is 1. The number of hydrogen-bond donors (Lipinski definition) is 1. The van der Waals surface area contributed by atoms with Gasteiger partial charge in [-0.1, -0.05) is 0 Å². The second-order valence-electron chi connectivity index (χ2n) is 2.25. The number of nitrogens with two attached hydrogens (primary N) is 1. The topological polar surface area (TPSA) is 82.0 Å². The van der Waals surface area contributed by atoms with E-state index in [0.29, 0.717) is 11.1 Å². The van der Waals surface area contributed by atoms with Gasteiger partial charge in [0.15, 0.2) is 12.0 Å². The lowest BCUT2D eigenvalue weighted by molar-refractivity contribution is 0.0995. The highest BCUT2D eigenvalue weighted by Crippen LogP contribution is 2.10. The van der Waals surface area contributed by atoms with Gasteiger partial charge in [-0.2, -0.15) is 0 Å². The van der Waals surface area contributed by atoms with Crippen molar-refractivity contribution in [3.05, 3.63) is 24.4 Å². The Morgan fingerprint density at radius 1 is 1.50 bits per heavy atom. The minimum Gasteiger partial charge on any atom is -0.443 e. The van der Waals surface area contributed by atoms with Crippen LogP contribution in [0.3, 0.4) is 0 Å². The molecule has 2 aromatic heterocycles. The summed E-state index contributed by atoms with van der Waals surface area (Å²) in [4.78, 5) is 18.3. The number of oxazole rings is 1. The number of aromatic nitrogens is 2. The van der Waals surface area contributed by atoms with E-state index >= 15 is 0 Å². The van der Waals surface area contributed by atoms with E-state index in [9.17, 15) is 4.79 Å². The van der Waals surface area contributed by atoms with E-state index in [-0.39, 0.29) is 5.69 Å². The van der Waals surface area contributed by atoms with Gasteiger partial charge in [-0.15, -0.1) is 0 Å². The minimum atomic E-state index is -0.576. The Morgan fingerprint density at radius 3 is 3.08 bits per heavy atom. The van der Waals surface area contributed by atoms with Crippen molar-refractivity contribution in [3.8, 4) is 0 Å². The maximum absolute atomic E-state index is 10.7. The fourth-order valence-electron chi connectivity index (χ4n) is 0.896. The molecule has 1 amide bonds. The molecule has 60 valence electrons. The Hall–Kier alpha value is -1.91. The molecule has 0 bridgehead atoms. The minimum absolute atomic E-state index is 0.180. The van der Waals surface area contributed by atoms with Crippen LogP contribution in [0.5, 0.6) is 0 Å². The second kappa shape index (κ2) is 2.30. The van der Waals surface area contributed by atoms with E-state index < -0.39 is 5.91 Å². The van der Waals surface area contributed by atoms with E-state index in [1.54, 1.807) is 0 Å². The first-order valence-electron chi connectivity index (χ1n) is 3.26. The van der Waals surface area contributed by atoms with Gasteiger partial charge in [0.2, 0.25) is 0 Å². The highest BCUT2D eigenvalue weighted by Gasteiger charge is 2.05. The van der Waals surface area contributed by atoms with Gasteiger partial charge in [0.05, 0.1) is 6.20 Å². The van der Waals surface area contributed by atoms with Crippen molar-refractivity contribution in [1.29, 1.82) is 0 Å². The summed E-state index contributed by atoms with van der Waals surface area (Å²) in [5, 5.41) is 0. The molecule has 0 saturated carbocycles. The Balaban J connectivity index is 2.68. The van der Waals surface area contributed by atoms with Crippen LogP contribution in [0.4, 0.5) is 0 Å². The van der Waals surface area contributed by atoms with Crippen LogP contribution in [0.2, 0.25) is 0 Å². The van der Waals surface area contributed by atoms with E-state index in [1.807, 2.05) is 0 Å². The summed E-state index contributed by atoms with van der Waals surface area (Å²) >= 11 is 0. The highest BCUT2D eigenvalue weighted by molar-refractivity contribution is 5.93. The van der Waals surface area contributed by atoms with Crippen LogP contribution in [-0.2, 0) is 0 Å². The molecule has 2 heterocycles. The van der Waals surface area contributed by atoms with Gasteiger partial charge in [-0.3, -0.25) is 4.79 Å². The summed E-state index contributed by atoms with van der Waals surface area (Å²) < 4.78 is 4.95. The lowest BCUT2D eigenvalue weighted by atomic mass is 10.3. The molecule has 0 aliphatic heterocycles. The Kier molecular flexibility index (Phi) is 1.30. The van der Waals surface area contributed by atoms with Gasteiger partial charge in [-0.25, -0.2) is 9.97 Å². The van der Waals surface area contributed by atoms with Crippen molar-refractivity contribution in [3.63, 3.8) is 0 Å². The fraction of sp³-hybridized carbons (Fsp3) is 0. The largest absolute Gasteiger partial charge is 0.443 e. The number of hydrogen-bond acceptors (Lipinski definition) is 4. The first kappa shape index (κ1) is 6.78. The predicted molar refractivity (Wildman–Crippen MR) is 40.3 cm³/mol. The van der Waals surface area contributed by atoms with Crippen LogP contribution in [-0.4, -0.2) is 15.9 Å². The molecule has 5 heteroatoms. The van der Waals surface area contributed by atoms with Crippen LogP contribution in [0.1, 0.15) is 10.5 Å². The fourth-order valence-corrected chi connectivity index (χ4v) is 0.896. The van der Waals surface area contributed by atoms with E-state index in [1.165, 1.54) is 18.7 Å². The van der Waals surface area contributed by atoms with Gasteiger partial charge in [-0.05, 0) is 0 Å². The molecule has 2 aromatic rings. The lowest BCUT2D eigenvalue weighted by Gasteiger charge is -1.91. The van der Waals surface area contributed by atoms with Gasteiger partial charge in [0.25, 0.3) is 5.91 Å². The van der Waals surface area contributed by atoms with Crippen LogP contribution in [0.15, 0.2) is 23.1 Å². The zero-order valence-corrected chi connectivity index (χ0v) is 6.02. The summed E-state index contributed by atoms with van der Waals surface area (Å²) in [5.41, 5.74) is 6.31. The van der Waals surface area contributed by atoms with Crippen molar-refractivity contribution < 1.29 is 9.21 Å². The maximum Gasteiger partial charge on any atom is 0.267 e. The molecule has 2 N–H and O–H groups in total. The smallest absolute Gasteiger partial charge is 0.267 e. The predicted octanol–water partition coefficient (Wildman–Crippen LogP) is 0.322. The summed E-state index contributed by atoms with van der Waals surface area (Å²) in [5.74, 6) is -0.576. The summed E-state index contributed by atoms with van der Waals surface area (Å²) in [6.07, 6.45) is 2.73. The number of carbonyl (C=O) groups is 1. The molecule has 12 heavy (non-hydrogen) atoms. The molecule has 0 fully saturated rings. The SMILES string of the molecule is NC(=O)c1cc2ocnc2cn1. The third-order valence-corrected chi connectivity index (χ3v) is 1.47. The molecule has 5 nitrogen and oxygen atoms in total. The van der Waals surface area contributed by atoms with Gasteiger partial charge in [0.1, 0.15) is 11.2 Å². The second-order valence-corrected chi connectivity index (χ2v) is 2.25. The average Bonchev–Trinajstić information content (AvgIpc) is 2.49. The molecule has 0 spiro atoms. The van der Waals surface area contributed by atoms with Gasteiger partial charge in [0, 0.05) is 6.07 Å². The van der Waals surface area contributed by atoms with E-state index in [2.05, 4.69) is 9.97 Å². The number of amides is 1.